The quantitative estimate of drug-likeness (QED) is 0.814. The molecule has 0 saturated carbocycles. The lowest BCUT2D eigenvalue weighted by Gasteiger charge is -2.49. The zero-order valence-electron chi connectivity index (χ0n) is 12.0. The molecule has 0 spiro atoms. The number of rotatable bonds is 4. The van der Waals surface area contributed by atoms with Crippen molar-refractivity contribution in [2.75, 3.05) is 27.2 Å². The number of fused-ring (bicyclic) bond motifs is 2. The fourth-order valence-electron chi connectivity index (χ4n) is 3.49. The van der Waals surface area contributed by atoms with Crippen LogP contribution in [0.1, 0.15) is 39.0 Å². The highest BCUT2D eigenvalue weighted by molar-refractivity contribution is 5.77. The molecule has 0 aromatic rings. The maximum Gasteiger partial charge on any atom is 0.236 e. The summed E-state index contributed by atoms with van der Waals surface area (Å²) >= 11 is 0. The highest BCUT2D eigenvalue weighted by atomic mass is 16.2. The van der Waals surface area contributed by atoms with E-state index in [1.165, 1.54) is 32.1 Å². The van der Waals surface area contributed by atoms with Crippen LogP contribution in [0.5, 0.6) is 0 Å². The lowest BCUT2D eigenvalue weighted by molar-refractivity contribution is -0.132. The van der Waals surface area contributed by atoms with Gasteiger partial charge in [0.1, 0.15) is 0 Å². The molecule has 2 heterocycles. The van der Waals surface area contributed by atoms with E-state index in [1.54, 1.807) is 4.90 Å². The molecular formula is C14H27N3O. The van der Waals surface area contributed by atoms with Crippen molar-refractivity contribution < 1.29 is 4.79 Å². The molecule has 4 heteroatoms. The summed E-state index contributed by atoms with van der Waals surface area (Å²) in [4.78, 5) is 16.1. The van der Waals surface area contributed by atoms with Crippen LogP contribution in [-0.4, -0.2) is 61.0 Å². The summed E-state index contributed by atoms with van der Waals surface area (Å²) < 4.78 is 0. The third kappa shape index (κ3) is 3.04. The van der Waals surface area contributed by atoms with Gasteiger partial charge in [-0.25, -0.2) is 0 Å². The molecule has 2 unspecified atom stereocenters. The Labute approximate surface area is 111 Å². The average molecular weight is 253 g/mol. The largest absolute Gasteiger partial charge is 0.348 e. The van der Waals surface area contributed by atoms with Crippen LogP contribution in [0.3, 0.4) is 0 Å². The van der Waals surface area contributed by atoms with Crippen LogP contribution >= 0.6 is 0 Å². The van der Waals surface area contributed by atoms with E-state index in [-0.39, 0.29) is 5.91 Å². The van der Waals surface area contributed by atoms with E-state index in [4.69, 9.17) is 0 Å². The number of hydrogen-bond acceptors (Lipinski definition) is 3. The van der Waals surface area contributed by atoms with Crippen molar-refractivity contribution >= 4 is 5.91 Å². The van der Waals surface area contributed by atoms with Gasteiger partial charge in [-0.1, -0.05) is 13.3 Å². The molecule has 0 aliphatic carbocycles. The third-order valence-corrected chi connectivity index (χ3v) is 4.44. The molecule has 1 N–H and O–H groups in total. The fourth-order valence-corrected chi connectivity index (χ4v) is 3.49. The molecule has 2 fully saturated rings. The number of nitrogens with one attached hydrogen (secondary N) is 1. The maximum absolute atomic E-state index is 11.9. The van der Waals surface area contributed by atoms with Crippen molar-refractivity contribution in [2.45, 2.75) is 57.2 Å². The normalized spacial score (nSPS) is 32.3. The highest BCUT2D eigenvalue weighted by Crippen LogP contribution is 2.33. The number of likely N-dealkylation sites (N-methyl/N-ethyl adjacent to an activating group) is 1. The summed E-state index contributed by atoms with van der Waals surface area (Å²) in [5.74, 6) is 0.244. The molecule has 2 bridgehead atoms. The Hall–Kier alpha value is -0.610. The van der Waals surface area contributed by atoms with Gasteiger partial charge < -0.3 is 10.2 Å². The van der Waals surface area contributed by atoms with E-state index in [1.807, 2.05) is 14.1 Å². The Kier molecular flexibility index (Phi) is 4.62. The number of piperidine rings is 2. The monoisotopic (exact) mass is 253 g/mol. The van der Waals surface area contributed by atoms with E-state index in [0.29, 0.717) is 24.7 Å². The Balaban J connectivity index is 1.97. The fraction of sp³-hybridized carbons (Fsp3) is 0.929. The Morgan fingerprint density at radius 1 is 1.28 bits per heavy atom. The van der Waals surface area contributed by atoms with Crippen molar-refractivity contribution in [3.05, 3.63) is 0 Å². The van der Waals surface area contributed by atoms with Crippen LogP contribution in [0.4, 0.5) is 0 Å². The summed E-state index contributed by atoms with van der Waals surface area (Å²) in [6.45, 7) is 3.85. The van der Waals surface area contributed by atoms with Gasteiger partial charge in [0.15, 0.2) is 0 Å². The molecular weight excluding hydrogens is 226 g/mol. The van der Waals surface area contributed by atoms with Gasteiger partial charge >= 0.3 is 0 Å². The third-order valence-electron chi connectivity index (χ3n) is 4.44. The Morgan fingerprint density at radius 3 is 2.39 bits per heavy atom. The summed E-state index contributed by atoms with van der Waals surface area (Å²) in [6.07, 6.45) is 6.29. The van der Waals surface area contributed by atoms with Gasteiger partial charge in [-0.2, -0.15) is 0 Å². The first kappa shape index (κ1) is 13.8. The first-order valence-electron chi connectivity index (χ1n) is 7.31. The first-order chi connectivity index (χ1) is 8.61. The molecule has 2 aliphatic heterocycles. The second-order valence-electron chi connectivity index (χ2n) is 5.93. The second-order valence-corrected chi connectivity index (χ2v) is 5.93. The van der Waals surface area contributed by atoms with Gasteiger partial charge in [0.25, 0.3) is 0 Å². The maximum atomic E-state index is 11.9. The minimum absolute atomic E-state index is 0.244. The minimum atomic E-state index is 0.244. The van der Waals surface area contributed by atoms with Crippen LogP contribution in [0.2, 0.25) is 0 Å². The topological polar surface area (TPSA) is 35.6 Å². The summed E-state index contributed by atoms with van der Waals surface area (Å²) in [6, 6.07) is 1.90. The standard InChI is InChI=1S/C14H27N3O/c1-4-15-11-8-12-6-5-7-13(9-11)17(12)10-14(18)16(2)3/h11-13,15H,4-10H2,1-3H3. The SMILES string of the molecule is CCNC1CC2CCCC(C1)N2CC(=O)N(C)C. The molecule has 2 aliphatic rings. The molecule has 104 valence electrons. The van der Waals surface area contributed by atoms with Gasteiger partial charge in [-0.3, -0.25) is 9.69 Å². The van der Waals surface area contributed by atoms with Crippen molar-refractivity contribution in [1.82, 2.24) is 15.1 Å². The summed E-state index contributed by atoms with van der Waals surface area (Å²) in [7, 11) is 3.70. The van der Waals surface area contributed by atoms with Crippen LogP contribution in [0, 0.1) is 0 Å². The van der Waals surface area contributed by atoms with Gasteiger partial charge in [-0.05, 0) is 32.2 Å². The van der Waals surface area contributed by atoms with Gasteiger partial charge in [0.05, 0.1) is 6.54 Å². The highest BCUT2D eigenvalue weighted by Gasteiger charge is 2.38. The van der Waals surface area contributed by atoms with Gasteiger partial charge in [0, 0.05) is 32.2 Å². The van der Waals surface area contributed by atoms with Crippen LogP contribution < -0.4 is 5.32 Å². The zero-order valence-corrected chi connectivity index (χ0v) is 12.0. The molecule has 2 rings (SSSR count). The zero-order chi connectivity index (χ0) is 13.1. The molecule has 0 aromatic carbocycles. The van der Waals surface area contributed by atoms with E-state index in [0.717, 1.165) is 6.54 Å². The van der Waals surface area contributed by atoms with Crippen molar-refractivity contribution in [1.29, 1.82) is 0 Å². The van der Waals surface area contributed by atoms with Crippen LogP contribution in [0.25, 0.3) is 0 Å². The van der Waals surface area contributed by atoms with E-state index in [9.17, 15) is 4.79 Å². The molecule has 2 saturated heterocycles. The molecule has 4 nitrogen and oxygen atoms in total. The summed E-state index contributed by atoms with van der Waals surface area (Å²) in [5, 5.41) is 3.59. The van der Waals surface area contributed by atoms with Crippen LogP contribution in [-0.2, 0) is 4.79 Å². The number of amides is 1. The number of carbonyl (C=O) groups excluding carboxylic acids is 1. The predicted molar refractivity (Wildman–Crippen MR) is 73.5 cm³/mol. The molecule has 1 amide bonds. The van der Waals surface area contributed by atoms with Crippen molar-refractivity contribution in [3.63, 3.8) is 0 Å². The van der Waals surface area contributed by atoms with Gasteiger partial charge in [-0.15, -0.1) is 0 Å². The number of carbonyl (C=O) groups is 1. The second kappa shape index (κ2) is 6.02. The lowest BCUT2D eigenvalue weighted by Crippen LogP contribution is -2.58. The smallest absolute Gasteiger partial charge is 0.236 e. The lowest BCUT2D eigenvalue weighted by atomic mass is 9.81. The molecule has 0 aromatic heterocycles. The predicted octanol–water partition coefficient (Wildman–Crippen LogP) is 1.07. The molecule has 18 heavy (non-hydrogen) atoms. The van der Waals surface area contributed by atoms with Crippen LogP contribution in [0.15, 0.2) is 0 Å². The number of hydrogen-bond donors (Lipinski definition) is 1. The minimum Gasteiger partial charge on any atom is -0.348 e. The first-order valence-corrected chi connectivity index (χ1v) is 7.31. The Bertz CT molecular complexity index is 279. The average Bonchev–Trinajstić information content (AvgIpc) is 2.30. The molecule has 2 atom stereocenters. The Morgan fingerprint density at radius 2 is 1.89 bits per heavy atom. The summed E-state index contributed by atoms with van der Waals surface area (Å²) in [5.41, 5.74) is 0. The van der Waals surface area contributed by atoms with Gasteiger partial charge in [0.2, 0.25) is 5.91 Å². The van der Waals surface area contributed by atoms with E-state index >= 15 is 0 Å². The molecule has 0 radical (unpaired) electrons. The van der Waals surface area contributed by atoms with Crippen molar-refractivity contribution in [3.8, 4) is 0 Å². The van der Waals surface area contributed by atoms with E-state index in [2.05, 4.69) is 17.1 Å². The van der Waals surface area contributed by atoms with E-state index < -0.39 is 0 Å². The van der Waals surface area contributed by atoms with Crippen molar-refractivity contribution in [2.24, 2.45) is 0 Å². The number of nitrogens with zero attached hydrogens (tertiary/aromatic N) is 2.